The highest BCUT2D eigenvalue weighted by Crippen LogP contribution is 2.37. The molecular formula is C29H25ClN2O4S. The van der Waals surface area contributed by atoms with Crippen molar-refractivity contribution in [3.8, 4) is 5.75 Å². The molecule has 0 fully saturated rings. The zero-order valence-electron chi connectivity index (χ0n) is 20.0. The van der Waals surface area contributed by atoms with Gasteiger partial charge in [-0.2, -0.15) is 0 Å². The predicted molar refractivity (Wildman–Crippen MR) is 144 cm³/mol. The second-order valence-electron chi connectivity index (χ2n) is 8.77. The van der Waals surface area contributed by atoms with Crippen molar-refractivity contribution in [2.75, 3.05) is 10.8 Å². The molecule has 5 rings (SSSR count). The Morgan fingerprint density at radius 3 is 2.30 bits per heavy atom. The highest BCUT2D eigenvalue weighted by Gasteiger charge is 2.38. The van der Waals surface area contributed by atoms with Crippen molar-refractivity contribution in [2.45, 2.75) is 24.0 Å². The van der Waals surface area contributed by atoms with Gasteiger partial charge in [-0.05, 0) is 60.0 Å². The second-order valence-corrected chi connectivity index (χ2v) is 11.1. The van der Waals surface area contributed by atoms with Gasteiger partial charge in [0.2, 0.25) is 0 Å². The first-order valence-corrected chi connectivity index (χ1v) is 13.6. The topological polar surface area (TPSA) is 75.7 Å². The number of hydrogen-bond acceptors (Lipinski definition) is 4. The lowest BCUT2D eigenvalue weighted by atomic mass is 9.94. The van der Waals surface area contributed by atoms with Gasteiger partial charge >= 0.3 is 0 Å². The minimum atomic E-state index is -3.98. The van der Waals surface area contributed by atoms with Gasteiger partial charge in [0, 0.05) is 5.02 Å². The van der Waals surface area contributed by atoms with Gasteiger partial charge in [0.25, 0.3) is 15.9 Å². The predicted octanol–water partition coefficient (Wildman–Crippen LogP) is 5.51. The van der Waals surface area contributed by atoms with Crippen LogP contribution in [0.5, 0.6) is 5.75 Å². The summed E-state index contributed by atoms with van der Waals surface area (Å²) in [6, 6.07) is 29.8. The molecule has 6 nitrogen and oxygen atoms in total. The fourth-order valence-electron chi connectivity index (χ4n) is 4.43. The van der Waals surface area contributed by atoms with Crippen LogP contribution in [0.25, 0.3) is 0 Å². The fourth-order valence-corrected chi connectivity index (χ4v) is 6.03. The van der Waals surface area contributed by atoms with Crippen LogP contribution >= 0.6 is 11.6 Å². The highest BCUT2D eigenvalue weighted by molar-refractivity contribution is 7.92. The maximum absolute atomic E-state index is 13.7. The molecule has 0 unspecified atom stereocenters. The molecule has 2 atom stereocenters. The van der Waals surface area contributed by atoms with E-state index in [9.17, 15) is 13.2 Å². The molecule has 0 radical (unpaired) electrons. The van der Waals surface area contributed by atoms with Gasteiger partial charge in [0.1, 0.15) is 5.75 Å². The number of aryl methyl sites for hydroxylation is 1. The number of fused-ring (bicyclic) bond motifs is 1. The molecule has 4 aromatic carbocycles. The van der Waals surface area contributed by atoms with E-state index >= 15 is 0 Å². The molecule has 1 N–H and O–H groups in total. The number of anilines is 1. The van der Waals surface area contributed by atoms with Crippen molar-refractivity contribution in [3.63, 3.8) is 0 Å². The molecule has 0 aromatic heterocycles. The number of nitrogens with one attached hydrogen (secondary N) is 1. The van der Waals surface area contributed by atoms with Crippen molar-refractivity contribution >= 4 is 33.2 Å². The van der Waals surface area contributed by atoms with Crippen LogP contribution in [0.1, 0.15) is 22.7 Å². The molecule has 1 aliphatic rings. The SMILES string of the molecule is Cc1ccccc1[C@H](NC(=O)[C@@H]1CN(S(=O)(=O)c2ccc(Cl)cc2)c2ccccc2O1)c1ccccc1. The Balaban J connectivity index is 1.49. The Labute approximate surface area is 221 Å². The van der Waals surface area contributed by atoms with E-state index < -0.39 is 28.1 Å². The molecule has 1 amide bonds. The van der Waals surface area contributed by atoms with E-state index in [2.05, 4.69) is 5.32 Å². The zero-order valence-corrected chi connectivity index (χ0v) is 21.6. The van der Waals surface area contributed by atoms with E-state index in [1.807, 2.05) is 61.5 Å². The smallest absolute Gasteiger partial charge is 0.264 e. The lowest BCUT2D eigenvalue weighted by molar-refractivity contribution is -0.128. The number of amides is 1. The first-order chi connectivity index (χ1) is 17.8. The van der Waals surface area contributed by atoms with Crippen LogP contribution < -0.4 is 14.4 Å². The molecule has 0 aliphatic carbocycles. The van der Waals surface area contributed by atoms with E-state index in [1.54, 1.807) is 24.3 Å². The number of nitrogens with zero attached hydrogens (tertiary/aromatic N) is 1. The van der Waals surface area contributed by atoms with Crippen LogP contribution in [-0.2, 0) is 14.8 Å². The summed E-state index contributed by atoms with van der Waals surface area (Å²) < 4.78 is 34.5. The van der Waals surface area contributed by atoms with E-state index in [4.69, 9.17) is 16.3 Å². The van der Waals surface area contributed by atoms with Crippen LogP contribution in [0.4, 0.5) is 5.69 Å². The van der Waals surface area contributed by atoms with Crippen LogP contribution in [0.2, 0.25) is 5.02 Å². The first kappa shape index (κ1) is 24.9. The normalized spacial score (nSPS) is 15.8. The summed E-state index contributed by atoms with van der Waals surface area (Å²) in [4.78, 5) is 13.7. The molecule has 188 valence electrons. The molecule has 4 aromatic rings. The maximum Gasteiger partial charge on any atom is 0.264 e. The molecular weight excluding hydrogens is 508 g/mol. The van der Waals surface area contributed by atoms with Crippen LogP contribution in [-0.4, -0.2) is 27.0 Å². The van der Waals surface area contributed by atoms with Crippen molar-refractivity contribution < 1.29 is 17.9 Å². The minimum absolute atomic E-state index is 0.0785. The Bertz CT molecular complexity index is 1530. The number of para-hydroxylation sites is 2. The average Bonchev–Trinajstić information content (AvgIpc) is 2.92. The average molecular weight is 533 g/mol. The lowest BCUT2D eigenvalue weighted by Gasteiger charge is -2.35. The van der Waals surface area contributed by atoms with Gasteiger partial charge in [-0.3, -0.25) is 9.10 Å². The number of carbonyl (C=O) groups excluding carboxylic acids is 1. The molecule has 1 heterocycles. The summed E-state index contributed by atoms with van der Waals surface area (Å²) in [6.45, 7) is 1.81. The Morgan fingerprint density at radius 2 is 1.57 bits per heavy atom. The standard InChI is InChI=1S/C29H25ClN2O4S/c1-20-9-5-6-12-24(20)28(21-10-3-2-4-11-21)31-29(33)27-19-32(25-13-7-8-14-26(25)36-27)37(34,35)23-17-15-22(30)16-18-23/h2-18,27-28H,19H2,1H3,(H,31,33)/t27-,28+/m0/s1. The van der Waals surface area contributed by atoms with Crippen LogP contribution in [0.15, 0.2) is 108 Å². The number of rotatable bonds is 6. The molecule has 0 saturated carbocycles. The summed E-state index contributed by atoms with van der Waals surface area (Å²) in [5, 5.41) is 3.54. The van der Waals surface area contributed by atoms with Crippen molar-refractivity contribution in [1.82, 2.24) is 5.32 Å². The van der Waals surface area contributed by atoms with E-state index in [0.29, 0.717) is 16.5 Å². The molecule has 0 saturated heterocycles. The van der Waals surface area contributed by atoms with Crippen molar-refractivity contribution in [2.24, 2.45) is 0 Å². The molecule has 0 spiro atoms. The fraction of sp³-hybridized carbons (Fsp3) is 0.138. The van der Waals surface area contributed by atoms with E-state index in [1.165, 1.54) is 28.6 Å². The maximum atomic E-state index is 13.7. The first-order valence-electron chi connectivity index (χ1n) is 11.8. The summed E-state index contributed by atoms with van der Waals surface area (Å²) in [5.74, 6) is -0.0958. The number of hydrogen-bond donors (Lipinski definition) is 1. The Kier molecular flexibility index (Phi) is 6.91. The van der Waals surface area contributed by atoms with Crippen molar-refractivity contribution in [3.05, 3.63) is 125 Å². The highest BCUT2D eigenvalue weighted by atomic mass is 35.5. The van der Waals surface area contributed by atoms with Gasteiger partial charge in [0.15, 0.2) is 6.10 Å². The number of carbonyl (C=O) groups is 1. The van der Waals surface area contributed by atoms with Gasteiger partial charge in [0.05, 0.1) is 23.2 Å². The van der Waals surface area contributed by atoms with Gasteiger partial charge < -0.3 is 10.1 Å². The van der Waals surface area contributed by atoms with E-state index in [0.717, 1.165) is 16.7 Å². The van der Waals surface area contributed by atoms with Crippen LogP contribution in [0, 0.1) is 6.92 Å². The van der Waals surface area contributed by atoms with E-state index in [-0.39, 0.29) is 11.4 Å². The van der Waals surface area contributed by atoms with Crippen molar-refractivity contribution in [1.29, 1.82) is 0 Å². The Hall–Kier alpha value is -3.81. The van der Waals surface area contributed by atoms with Gasteiger partial charge in [-0.1, -0.05) is 78.3 Å². The third-order valence-electron chi connectivity index (χ3n) is 6.35. The van der Waals surface area contributed by atoms with Crippen LogP contribution in [0.3, 0.4) is 0 Å². The summed E-state index contributed by atoms with van der Waals surface area (Å²) >= 11 is 5.97. The summed E-state index contributed by atoms with van der Waals surface area (Å²) in [5.41, 5.74) is 3.26. The quantitative estimate of drug-likeness (QED) is 0.355. The summed E-state index contributed by atoms with van der Waals surface area (Å²) in [6.07, 6.45) is -1.06. The third-order valence-corrected chi connectivity index (χ3v) is 8.39. The number of sulfonamides is 1. The van der Waals surface area contributed by atoms with Gasteiger partial charge in [-0.15, -0.1) is 0 Å². The van der Waals surface area contributed by atoms with Gasteiger partial charge in [-0.25, -0.2) is 8.42 Å². The molecule has 1 aliphatic heterocycles. The monoisotopic (exact) mass is 532 g/mol. The zero-order chi connectivity index (χ0) is 26.0. The number of halogens is 1. The third kappa shape index (κ3) is 5.05. The minimum Gasteiger partial charge on any atom is -0.476 e. The summed E-state index contributed by atoms with van der Waals surface area (Å²) in [7, 11) is -3.98. The molecule has 0 bridgehead atoms. The lowest BCUT2D eigenvalue weighted by Crippen LogP contribution is -2.51. The number of ether oxygens (including phenoxy) is 1. The molecule has 37 heavy (non-hydrogen) atoms. The largest absolute Gasteiger partial charge is 0.476 e. The number of benzene rings is 4. The molecule has 8 heteroatoms. The Morgan fingerprint density at radius 1 is 0.919 bits per heavy atom. The second kappa shape index (κ2) is 10.3.